The van der Waals surface area contributed by atoms with E-state index in [1.807, 2.05) is 12.4 Å². The van der Waals surface area contributed by atoms with Crippen molar-refractivity contribution in [3.05, 3.63) is 24.0 Å². The van der Waals surface area contributed by atoms with Gasteiger partial charge in [0.25, 0.3) is 0 Å². The van der Waals surface area contributed by atoms with Crippen LogP contribution in [-0.4, -0.2) is 45.6 Å². The summed E-state index contributed by atoms with van der Waals surface area (Å²) in [5.74, 6) is 2.81. The molecule has 0 radical (unpaired) electrons. The van der Waals surface area contributed by atoms with Gasteiger partial charge in [-0.25, -0.2) is 4.98 Å². The smallest absolute Gasteiger partial charge is 0.139 e. The van der Waals surface area contributed by atoms with E-state index in [1.165, 1.54) is 12.8 Å². The van der Waals surface area contributed by atoms with Crippen LogP contribution in [0.3, 0.4) is 0 Å². The first-order valence-electron chi connectivity index (χ1n) is 9.92. The Hall–Kier alpha value is -2.08. The highest BCUT2D eigenvalue weighted by molar-refractivity contribution is 6.09. The number of rotatable bonds is 3. The lowest BCUT2D eigenvalue weighted by Gasteiger charge is -2.58. The van der Waals surface area contributed by atoms with Gasteiger partial charge >= 0.3 is 0 Å². The van der Waals surface area contributed by atoms with Crippen molar-refractivity contribution in [1.29, 1.82) is 0 Å². The summed E-state index contributed by atoms with van der Waals surface area (Å²) in [4.78, 5) is 12.4. The Morgan fingerprint density at radius 1 is 1.19 bits per heavy atom. The first-order valence-corrected chi connectivity index (χ1v) is 9.92. The molecule has 3 heterocycles. The summed E-state index contributed by atoms with van der Waals surface area (Å²) in [6.07, 6.45) is 9.33. The van der Waals surface area contributed by atoms with E-state index in [2.05, 4.69) is 31.7 Å². The monoisotopic (exact) mass is 351 g/mol. The van der Waals surface area contributed by atoms with Gasteiger partial charge < -0.3 is 20.7 Å². The van der Waals surface area contributed by atoms with Crippen molar-refractivity contribution in [2.75, 3.05) is 18.4 Å². The van der Waals surface area contributed by atoms with Gasteiger partial charge in [-0.1, -0.05) is 0 Å². The van der Waals surface area contributed by atoms with Crippen LogP contribution in [0.15, 0.2) is 23.5 Å². The molecule has 2 aromatic rings. The Bertz CT molecular complexity index is 887. The largest absolute Gasteiger partial charge is 0.390 e. The van der Waals surface area contributed by atoms with Crippen LogP contribution in [0.25, 0.3) is 11.0 Å². The fourth-order valence-corrected chi connectivity index (χ4v) is 6.30. The van der Waals surface area contributed by atoms with Gasteiger partial charge in [0.15, 0.2) is 0 Å². The second-order valence-electron chi connectivity index (χ2n) is 8.81. The lowest BCUT2D eigenvalue weighted by atomic mass is 9.52. The highest BCUT2D eigenvalue weighted by Crippen LogP contribution is 2.56. The summed E-state index contributed by atoms with van der Waals surface area (Å²) in [5, 5.41) is 19.3. The fraction of sp³-hybridized carbons (Fsp3) is 0.600. The number of fused-ring (bicyclic) bond motifs is 1. The molecule has 0 amide bonds. The number of hydrogen-bond donors (Lipinski definition) is 4. The van der Waals surface area contributed by atoms with Gasteiger partial charge in [-0.15, -0.1) is 0 Å². The zero-order valence-electron chi connectivity index (χ0n) is 14.8. The molecule has 1 aliphatic heterocycles. The fourth-order valence-electron chi connectivity index (χ4n) is 6.30. The third-order valence-electron chi connectivity index (χ3n) is 7.07. The van der Waals surface area contributed by atoms with E-state index in [1.54, 1.807) is 0 Å². The maximum Gasteiger partial charge on any atom is 0.139 e. The molecular formula is C20H25N5O. The van der Waals surface area contributed by atoms with Crippen molar-refractivity contribution >= 4 is 22.6 Å². The molecule has 26 heavy (non-hydrogen) atoms. The Kier molecular flexibility index (Phi) is 3.02. The number of aromatic nitrogens is 2. The SMILES string of the molecule is O[C@]12CC3CC(C1)[C@@H](Nc1c(C4=NCCN4)cnc4[nH]ccc14)C(C3)C2. The Morgan fingerprint density at radius 2 is 2.04 bits per heavy atom. The zero-order chi connectivity index (χ0) is 17.3. The third kappa shape index (κ3) is 2.14. The van der Waals surface area contributed by atoms with Gasteiger partial charge in [-0.2, -0.15) is 0 Å². The summed E-state index contributed by atoms with van der Waals surface area (Å²) in [6.45, 7) is 1.71. The molecule has 4 bridgehead atoms. The number of nitrogens with zero attached hydrogens (tertiary/aromatic N) is 2. The second-order valence-corrected chi connectivity index (χ2v) is 8.81. The highest BCUT2D eigenvalue weighted by atomic mass is 16.3. The van der Waals surface area contributed by atoms with Crippen LogP contribution < -0.4 is 10.6 Å². The first kappa shape index (κ1) is 15.0. The molecule has 7 rings (SSSR count). The second kappa shape index (κ2) is 5.22. The van der Waals surface area contributed by atoms with Crippen LogP contribution in [-0.2, 0) is 0 Å². The minimum absolute atomic E-state index is 0.393. The average Bonchev–Trinajstić information content (AvgIpc) is 3.27. The molecule has 2 unspecified atom stereocenters. The number of H-pyrrole nitrogens is 1. The predicted octanol–water partition coefficient (Wildman–Crippen LogP) is 2.26. The van der Waals surface area contributed by atoms with E-state index in [9.17, 15) is 5.11 Å². The van der Waals surface area contributed by atoms with Crippen molar-refractivity contribution < 1.29 is 5.11 Å². The molecule has 2 atom stereocenters. The molecule has 5 aliphatic rings. The molecule has 4 N–H and O–H groups in total. The van der Waals surface area contributed by atoms with E-state index < -0.39 is 5.60 Å². The molecule has 0 saturated heterocycles. The summed E-state index contributed by atoms with van der Waals surface area (Å²) < 4.78 is 0. The maximum absolute atomic E-state index is 10.9. The van der Waals surface area contributed by atoms with Crippen molar-refractivity contribution in [1.82, 2.24) is 15.3 Å². The van der Waals surface area contributed by atoms with Crippen LogP contribution >= 0.6 is 0 Å². The predicted molar refractivity (Wildman–Crippen MR) is 101 cm³/mol. The van der Waals surface area contributed by atoms with Gasteiger partial charge in [0.1, 0.15) is 11.5 Å². The minimum atomic E-state index is -0.393. The number of hydrogen-bond acceptors (Lipinski definition) is 5. The van der Waals surface area contributed by atoms with Crippen molar-refractivity contribution in [2.45, 2.75) is 43.7 Å². The standard InChI is InChI=1S/C20H25N5O/c26-20-7-11-5-12(8-20)16(13(6-11)9-20)25-17-14-1-2-21-18(14)24-10-15(17)19-22-3-4-23-19/h1-2,10-13,16,26H,3-9H2,(H,22,23)(H2,21,24,25)/t11?,12?,13?,16-,20-. The molecular weight excluding hydrogens is 326 g/mol. The quantitative estimate of drug-likeness (QED) is 0.683. The van der Waals surface area contributed by atoms with E-state index in [4.69, 9.17) is 0 Å². The Balaban J connectivity index is 1.41. The van der Waals surface area contributed by atoms with Crippen molar-refractivity contribution in [3.63, 3.8) is 0 Å². The molecule has 4 aliphatic carbocycles. The summed E-state index contributed by atoms with van der Waals surface area (Å²) in [7, 11) is 0. The van der Waals surface area contributed by atoms with Crippen LogP contribution in [0.4, 0.5) is 5.69 Å². The van der Waals surface area contributed by atoms with Gasteiger partial charge in [0.2, 0.25) is 0 Å². The van der Waals surface area contributed by atoms with E-state index in [0.717, 1.165) is 66.4 Å². The summed E-state index contributed by atoms with van der Waals surface area (Å²) in [6, 6.07) is 2.54. The third-order valence-corrected chi connectivity index (χ3v) is 7.07. The number of pyridine rings is 1. The first-order chi connectivity index (χ1) is 12.7. The topological polar surface area (TPSA) is 85.3 Å². The van der Waals surface area contributed by atoms with E-state index in [-0.39, 0.29) is 0 Å². The van der Waals surface area contributed by atoms with E-state index >= 15 is 0 Å². The number of aliphatic hydroxyl groups is 1. The van der Waals surface area contributed by atoms with Crippen LogP contribution in [0, 0.1) is 17.8 Å². The number of nitrogens with one attached hydrogen (secondary N) is 3. The van der Waals surface area contributed by atoms with Gasteiger partial charge in [-0.3, -0.25) is 4.99 Å². The number of aromatic amines is 1. The number of anilines is 1. The average molecular weight is 351 g/mol. The van der Waals surface area contributed by atoms with E-state index in [0.29, 0.717) is 17.9 Å². The van der Waals surface area contributed by atoms with Gasteiger partial charge in [0.05, 0.1) is 23.4 Å². The molecule has 6 nitrogen and oxygen atoms in total. The van der Waals surface area contributed by atoms with Gasteiger partial charge in [0, 0.05) is 30.4 Å². The highest BCUT2D eigenvalue weighted by Gasteiger charge is 2.54. The Morgan fingerprint density at radius 3 is 2.77 bits per heavy atom. The molecule has 6 heteroatoms. The summed E-state index contributed by atoms with van der Waals surface area (Å²) in [5.41, 5.74) is 2.74. The van der Waals surface area contributed by atoms with Crippen LogP contribution in [0.2, 0.25) is 0 Å². The molecule has 0 spiro atoms. The molecule has 136 valence electrons. The normalized spacial score (nSPS) is 37.8. The van der Waals surface area contributed by atoms with Gasteiger partial charge in [-0.05, 0) is 55.9 Å². The summed E-state index contributed by atoms with van der Waals surface area (Å²) >= 11 is 0. The number of aliphatic imine (C=N–C) groups is 1. The lowest BCUT2D eigenvalue weighted by molar-refractivity contribution is -0.129. The zero-order valence-corrected chi connectivity index (χ0v) is 14.8. The van der Waals surface area contributed by atoms with Crippen molar-refractivity contribution in [2.24, 2.45) is 22.7 Å². The number of amidine groups is 1. The lowest BCUT2D eigenvalue weighted by Crippen LogP contribution is -2.59. The van der Waals surface area contributed by atoms with Crippen molar-refractivity contribution in [3.8, 4) is 0 Å². The molecule has 4 saturated carbocycles. The Labute approximate surface area is 152 Å². The minimum Gasteiger partial charge on any atom is -0.390 e. The molecule has 0 aromatic carbocycles. The molecule has 2 aromatic heterocycles. The molecule has 4 fully saturated rings. The van der Waals surface area contributed by atoms with Crippen LogP contribution in [0.5, 0.6) is 0 Å². The maximum atomic E-state index is 10.9. The van der Waals surface area contributed by atoms with Crippen LogP contribution in [0.1, 0.15) is 37.7 Å².